The summed E-state index contributed by atoms with van der Waals surface area (Å²) in [6.45, 7) is 1.01. The van der Waals surface area contributed by atoms with Gasteiger partial charge in [0.1, 0.15) is 0 Å². The van der Waals surface area contributed by atoms with Gasteiger partial charge in [0.25, 0.3) is 5.91 Å². The Bertz CT molecular complexity index is 883. The van der Waals surface area contributed by atoms with E-state index in [0.29, 0.717) is 5.56 Å². The van der Waals surface area contributed by atoms with Gasteiger partial charge < -0.3 is 9.88 Å². The third-order valence-electron chi connectivity index (χ3n) is 3.83. The maximum absolute atomic E-state index is 12.4. The van der Waals surface area contributed by atoms with E-state index >= 15 is 0 Å². The van der Waals surface area contributed by atoms with Crippen LogP contribution < -0.4 is 5.32 Å². The monoisotopic (exact) mass is 447 g/mol. The number of hydrogen-bond donors (Lipinski definition) is 1. The van der Waals surface area contributed by atoms with Crippen LogP contribution >= 0.6 is 34.4 Å². The normalized spacial score (nSPS) is 12.9. The number of carbonyl (C=O) groups is 1. The van der Waals surface area contributed by atoms with Crippen molar-refractivity contribution in [3.8, 4) is 11.3 Å². The highest BCUT2D eigenvalue weighted by atomic mass is 127. The number of aromatic nitrogens is 2. The summed E-state index contributed by atoms with van der Waals surface area (Å²) in [5.74, 6) is 0.987. The fourth-order valence-corrected chi connectivity index (χ4v) is 3.91. The number of aryl methyl sites for hydroxylation is 1. The van der Waals surface area contributed by atoms with E-state index in [2.05, 4.69) is 43.7 Å². The smallest absolute Gasteiger partial charge is 0.255 e. The molecule has 0 aliphatic carbocycles. The Morgan fingerprint density at radius 3 is 2.83 bits per heavy atom. The van der Waals surface area contributed by atoms with E-state index in [1.807, 2.05) is 48.5 Å². The largest absolute Gasteiger partial charge is 0.325 e. The van der Waals surface area contributed by atoms with E-state index in [0.717, 1.165) is 38.0 Å². The zero-order valence-corrected chi connectivity index (χ0v) is 15.7. The minimum atomic E-state index is -0.105. The second-order valence-electron chi connectivity index (χ2n) is 5.49. The standard InChI is InChI=1S/C18H14IN3OS/c19-14-6-4-12(5-7-14)17(23)20-15-3-1-2-13(10-15)16-11-22-8-9-24-18(22)21-16/h1-7,10-11H,8-9H2,(H,20,23). The molecule has 1 amide bonds. The quantitative estimate of drug-likeness (QED) is 0.601. The first-order chi connectivity index (χ1) is 11.7. The molecule has 0 spiro atoms. The Morgan fingerprint density at radius 1 is 1.21 bits per heavy atom. The Morgan fingerprint density at radius 2 is 2.04 bits per heavy atom. The van der Waals surface area contributed by atoms with Crippen molar-refractivity contribution >= 4 is 45.9 Å². The zero-order chi connectivity index (χ0) is 16.5. The molecule has 0 atom stereocenters. The number of thioether (sulfide) groups is 1. The molecule has 1 N–H and O–H groups in total. The summed E-state index contributed by atoms with van der Waals surface area (Å²) in [6.07, 6.45) is 2.08. The minimum absolute atomic E-state index is 0.105. The number of anilines is 1. The molecule has 1 aliphatic rings. The van der Waals surface area contributed by atoms with Gasteiger partial charge in [0.05, 0.1) is 5.69 Å². The number of fused-ring (bicyclic) bond motifs is 1. The summed E-state index contributed by atoms with van der Waals surface area (Å²) in [7, 11) is 0. The second-order valence-corrected chi connectivity index (χ2v) is 7.80. The van der Waals surface area contributed by atoms with Crippen LogP contribution in [-0.2, 0) is 6.54 Å². The lowest BCUT2D eigenvalue weighted by molar-refractivity contribution is 0.102. The van der Waals surface area contributed by atoms with E-state index in [1.54, 1.807) is 11.8 Å². The van der Waals surface area contributed by atoms with E-state index in [-0.39, 0.29) is 5.91 Å². The van der Waals surface area contributed by atoms with Crippen molar-refractivity contribution in [2.75, 3.05) is 11.1 Å². The average molecular weight is 447 g/mol. The molecule has 0 saturated carbocycles. The van der Waals surface area contributed by atoms with Gasteiger partial charge in [-0.3, -0.25) is 4.79 Å². The lowest BCUT2D eigenvalue weighted by atomic mass is 10.1. The molecule has 4 nitrogen and oxygen atoms in total. The van der Waals surface area contributed by atoms with Crippen LogP contribution in [0.15, 0.2) is 59.9 Å². The first-order valence-corrected chi connectivity index (χ1v) is 9.63. The summed E-state index contributed by atoms with van der Waals surface area (Å²) in [5.41, 5.74) is 3.38. The summed E-state index contributed by atoms with van der Waals surface area (Å²) >= 11 is 4.00. The molecule has 6 heteroatoms. The number of imidazole rings is 1. The predicted octanol–water partition coefficient (Wildman–Crippen LogP) is 4.51. The molecule has 2 heterocycles. The Kier molecular flexibility index (Phi) is 4.32. The highest BCUT2D eigenvalue weighted by Gasteiger charge is 2.15. The Hall–Kier alpha value is -1.80. The maximum atomic E-state index is 12.4. The minimum Gasteiger partial charge on any atom is -0.325 e. The van der Waals surface area contributed by atoms with Gasteiger partial charge in [0.15, 0.2) is 5.16 Å². The van der Waals surface area contributed by atoms with Crippen LogP contribution in [0.2, 0.25) is 0 Å². The number of nitrogens with one attached hydrogen (secondary N) is 1. The number of nitrogens with zero attached hydrogens (tertiary/aromatic N) is 2. The van der Waals surface area contributed by atoms with Crippen LogP contribution in [0.5, 0.6) is 0 Å². The molecule has 0 fully saturated rings. The van der Waals surface area contributed by atoms with Crippen molar-refractivity contribution in [3.63, 3.8) is 0 Å². The molecule has 4 rings (SSSR count). The molecule has 2 aromatic carbocycles. The fourth-order valence-electron chi connectivity index (χ4n) is 2.61. The molecule has 24 heavy (non-hydrogen) atoms. The SMILES string of the molecule is O=C(Nc1cccc(-c2cn3c(n2)SCC3)c1)c1ccc(I)cc1. The van der Waals surface area contributed by atoms with E-state index in [4.69, 9.17) is 0 Å². The van der Waals surface area contributed by atoms with E-state index in [9.17, 15) is 4.79 Å². The van der Waals surface area contributed by atoms with Gasteiger partial charge >= 0.3 is 0 Å². The highest BCUT2D eigenvalue weighted by Crippen LogP contribution is 2.29. The number of rotatable bonds is 3. The molecular weight excluding hydrogens is 433 g/mol. The van der Waals surface area contributed by atoms with Crippen LogP contribution in [0.1, 0.15) is 10.4 Å². The lowest BCUT2D eigenvalue weighted by Gasteiger charge is -2.07. The summed E-state index contributed by atoms with van der Waals surface area (Å²) in [5, 5.41) is 4.02. The number of benzene rings is 2. The van der Waals surface area contributed by atoms with E-state index < -0.39 is 0 Å². The van der Waals surface area contributed by atoms with Gasteiger partial charge in [-0.2, -0.15) is 0 Å². The Balaban J connectivity index is 1.56. The van der Waals surface area contributed by atoms with Crippen molar-refractivity contribution in [1.82, 2.24) is 9.55 Å². The molecule has 1 aromatic heterocycles. The zero-order valence-electron chi connectivity index (χ0n) is 12.7. The van der Waals surface area contributed by atoms with Crippen LogP contribution in [0, 0.1) is 3.57 Å². The van der Waals surface area contributed by atoms with Crippen molar-refractivity contribution in [2.24, 2.45) is 0 Å². The summed E-state index contributed by atoms with van der Waals surface area (Å²) in [6, 6.07) is 15.3. The third kappa shape index (κ3) is 3.21. The third-order valence-corrected chi connectivity index (χ3v) is 5.52. The molecule has 3 aromatic rings. The van der Waals surface area contributed by atoms with Crippen molar-refractivity contribution in [2.45, 2.75) is 11.7 Å². The van der Waals surface area contributed by atoms with Crippen LogP contribution in [0.4, 0.5) is 5.69 Å². The summed E-state index contributed by atoms with van der Waals surface area (Å²) < 4.78 is 3.29. The molecule has 1 aliphatic heterocycles. The van der Waals surface area contributed by atoms with Crippen molar-refractivity contribution < 1.29 is 4.79 Å². The van der Waals surface area contributed by atoms with Gasteiger partial charge in [0.2, 0.25) is 0 Å². The topological polar surface area (TPSA) is 46.9 Å². The van der Waals surface area contributed by atoms with Crippen LogP contribution in [0.3, 0.4) is 0 Å². The van der Waals surface area contributed by atoms with Gasteiger partial charge in [-0.25, -0.2) is 4.98 Å². The molecule has 0 unspecified atom stereocenters. The van der Waals surface area contributed by atoms with Gasteiger partial charge in [-0.05, 0) is 59.0 Å². The molecule has 0 saturated heterocycles. The number of amides is 1. The van der Waals surface area contributed by atoms with Gasteiger partial charge in [0, 0.05) is 38.9 Å². The molecule has 0 bridgehead atoms. The average Bonchev–Trinajstić information content (AvgIpc) is 3.17. The van der Waals surface area contributed by atoms with E-state index in [1.165, 1.54) is 0 Å². The fraction of sp³-hybridized carbons (Fsp3) is 0.111. The lowest BCUT2D eigenvalue weighted by Crippen LogP contribution is -2.11. The van der Waals surface area contributed by atoms with Gasteiger partial charge in [-0.15, -0.1) is 0 Å². The first kappa shape index (κ1) is 15.7. The number of hydrogen-bond acceptors (Lipinski definition) is 3. The maximum Gasteiger partial charge on any atom is 0.255 e. The van der Waals surface area contributed by atoms with Crippen LogP contribution in [-0.4, -0.2) is 21.2 Å². The second kappa shape index (κ2) is 6.60. The Labute approximate surface area is 157 Å². The summed E-state index contributed by atoms with van der Waals surface area (Å²) in [4.78, 5) is 17.0. The molecular formula is C18H14IN3OS. The molecule has 0 radical (unpaired) electrons. The van der Waals surface area contributed by atoms with Crippen molar-refractivity contribution in [3.05, 3.63) is 63.9 Å². The van der Waals surface area contributed by atoms with Gasteiger partial charge in [-0.1, -0.05) is 23.9 Å². The number of carbonyl (C=O) groups excluding carboxylic acids is 1. The highest BCUT2D eigenvalue weighted by molar-refractivity contribution is 14.1. The number of halogens is 1. The molecule has 120 valence electrons. The van der Waals surface area contributed by atoms with Crippen molar-refractivity contribution in [1.29, 1.82) is 0 Å². The predicted molar refractivity (Wildman–Crippen MR) is 105 cm³/mol. The van der Waals surface area contributed by atoms with Crippen LogP contribution in [0.25, 0.3) is 11.3 Å². The first-order valence-electron chi connectivity index (χ1n) is 7.56.